The van der Waals surface area contributed by atoms with Gasteiger partial charge in [0.15, 0.2) is 0 Å². The van der Waals surface area contributed by atoms with Crippen molar-refractivity contribution in [2.75, 3.05) is 32.7 Å². The topological polar surface area (TPSA) is 47.9 Å². The summed E-state index contributed by atoms with van der Waals surface area (Å²) in [6, 6.07) is 12.4. The number of hydrazone groups is 1. The van der Waals surface area contributed by atoms with E-state index in [1.165, 1.54) is 12.3 Å². The molecule has 3 rings (SSSR count). The number of benzene rings is 2. The molecule has 0 aromatic heterocycles. The van der Waals surface area contributed by atoms with Gasteiger partial charge in [-0.3, -0.25) is 14.6 Å². The van der Waals surface area contributed by atoms with E-state index in [9.17, 15) is 9.18 Å². The zero-order valence-electron chi connectivity index (χ0n) is 15.2. The molecule has 0 aliphatic carbocycles. The molecule has 0 spiro atoms. The van der Waals surface area contributed by atoms with Crippen molar-refractivity contribution in [3.63, 3.8) is 0 Å². The van der Waals surface area contributed by atoms with Crippen LogP contribution in [0.5, 0.6) is 0 Å². The van der Waals surface area contributed by atoms with Gasteiger partial charge in [0, 0.05) is 47.8 Å². The van der Waals surface area contributed by atoms with E-state index in [1.54, 1.807) is 12.1 Å². The molecule has 1 amide bonds. The molecule has 2 aromatic rings. The third-order valence-corrected chi connectivity index (χ3v) is 5.40. The number of rotatable bonds is 6. The summed E-state index contributed by atoms with van der Waals surface area (Å²) in [5.74, 6) is -0.609. The zero-order valence-corrected chi connectivity index (χ0v) is 17.6. The summed E-state index contributed by atoms with van der Waals surface area (Å²) in [4.78, 5) is 16.5. The summed E-state index contributed by atoms with van der Waals surface area (Å²) < 4.78 is 14.4. The van der Waals surface area contributed by atoms with Crippen LogP contribution in [0.25, 0.3) is 0 Å². The van der Waals surface area contributed by atoms with Gasteiger partial charge in [0.05, 0.1) is 12.8 Å². The second-order valence-corrected chi connectivity index (χ2v) is 7.93. The van der Waals surface area contributed by atoms with Crippen LogP contribution >= 0.6 is 27.5 Å². The Balaban J connectivity index is 1.42. The van der Waals surface area contributed by atoms with Crippen molar-refractivity contribution in [2.24, 2.45) is 5.10 Å². The van der Waals surface area contributed by atoms with Gasteiger partial charge in [-0.05, 0) is 29.8 Å². The van der Waals surface area contributed by atoms with E-state index >= 15 is 0 Å². The molecule has 1 aliphatic heterocycles. The standard InChI is InChI=1S/C20H21BrClFN4O/c21-17-5-6-19(23)16(11-17)12-24-25-20(28)14-27-9-7-26(8-10-27)13-15-3-1-2-4-18(15)22/h1-6,11-12H,7-10,13-14H2,(H,25,28). The Kier molecular flexibility index (Phi) is 7.56. The third kappa shape index (κ3) is 6.10. The molecule has 0 atom stereocenters. The molecule has 0 saturated carbocycles. The van der Waals surface area contributed by atoms with Crippen LogP contribution in [0.15, 0.2) is 52.0 Å². The molecule has 0 bridgehead atoms. The number of halogens is 3. The summed E-state index contributed by atoms with van der Waals surface area (Å²) in [6.45, 7) is 4.39. The summed E-state index contributed by atoms with van der Waals surface area (Å²) in [7, 11) is 0. The van der Waals surface area contributed by atoms with Crippen LogP contribution in [-0.2, 0) is 11.3 Å². The van der Waals surface area contributed by atoms with Crippen molar-refractivity contribution < 1.29 is 9.18 Å². The Morgan fingerprint density at radius 1 is 1.18 bits per heavy atom. The molecule has 2 aromatic carbocycles. The van der Waals surface area contributed by atoms with Crippen LogP contribution in [0.3, 0.4) is 0 Å². The second kappa shape index (κ2) is 10.1. The molecule has 8 heteroatoms. The summed E-state index contributed by atoms with van der Waals surface area (Å²) >= 11 is 9.50. The summed E-state index contributed by atoms with van der Waals surface area (Å²) in [6.07, 6.45) is 1.31. The van der Waals surface area contributed by atoms with Crippen LogP contribution in [-0.4, -0.2) is 54.6 Å². The van der Waals surface area contributed by atoms with Crippen LogP contribution < -0.4 is 5.43 Å². The monoisotopic (exact) mass is 466 g/mol. The van der Waals surface area contributed by atoms with E-state index in [1.807, 2.05) is 24.3 Å². The Labute approximate surface area is 177 Å². The average molecular weight is 468 g/mol. The van der Waals surface area contributed by atoms with Crippen LogP contribution in [0, 0.1) is 5.82 Å². The lowest BCUT2D eigenvalue weighted by atomic mass is 10.2. The van der Waals surface area contributed by atoms with Crippen molar-refractivity contribution >= 4 is 39.7 Å². The van der Waals surface area contributed by atoms with E-state index in [2.05, 4.69) is 36.3 Å². The maximum absolute atomic E-state index is 13.6. The largest absolute Gasteiger partial charge is 0.296 e. The first-order valence-electron chi connectivity index (χ1n) is 8.96. The van der Waals surface area contributed by atoms with E-state index in [-0.39, 0.29) is 12.5 Å². The highest BCUT2D eigenvalue weighted by atomic mass is 79.9. The van der Waals surface area contributed by atoms with E-state index in [0.717, 1.165) is 47.8 Å². The van der Waals surface area contributed by atoms with Gasteiger partial charge in [0.25, 0.3) is 5.91 Å². The first-order chi connectivity index (χ1) is 13.5. The number of piperazine rings is 1. The Hall–Kier alpha value is -1.80. The number of nitrogens with zero attached hydrogens (tertiary/aromatic N) is 3. The van der Waals surface area contributed by atoms with Crippen LogP contribution in [0.2, 0.25) is 5.02 Å². The quantitative estimate of drug-likeness (QED) is 0.522. The van der Waals surface area contributed by atoms with E-state index in [4.69, 9.17) is 11.6 Å². The molecule has 1 aliphatic rings. The highest BCUT2D eigenvalue weighted by Crippen LogP contribution is 2.18. The molecule has 1 saturated heterocycles. The minimum absolute atomic E-state index is 0.216. The SMILES string of the molecule is O=C(CN1CCN(Cc2ccccc2Cl)CC1)NN=Cc1cc(Br)ccc1F. The lowest BCUT2D eigenvalue weighted by molar-refractivity contribution is -0.122. The van der Waals surface area contributed by atoms with Gasteiger partial charge < -0.3 is 0 Å². The molecule has 0 unspecified atom stereocenters. The van der Waals surface area contributed by atoms with Gasteiger partial charge in [-0.15, -0.1) is 0 Å². The molecule has 1 heterocycles. The predicted molar refractivity (Wildman–Crippen MR) is 113 cm³/mol. The smallest absolute Gasteiger partial charge is 0.254 e. The first-order valence-corrected chi connectivity index (χ1v) is 10.1. The number of hydrogen-bond donors (Lipinski definition) is 1. The molecule has 0 radical (unpaired) electrons. The summed E-state index contributed by atoms with van der Waals surface area (Å²) in [5, 5.41) is 4.63. The minimum atomic E-state index is -0.393. The highest BCUT2D eigenvalue weighted by molar-refractivity contribution is 9.10. The second-order valence-electron chi connectivity index (χ2n) is 6.60. The van der Waals surface area contributed by atoms with Crippen molar-refractivity contribution in [3.8, 4) is 0 Å². The third-order valence-electron chi connectivity index (χ3n) is 4.53. The zero-order chi connectivity index (χ0) is 19.9. The number of nitrogens with one attached hydrogen (secondary N) is 1. The molecule has 28 heavy (non-hydrogen) atoms. The van der Waals surface area contributed by atoms with E-state index < -0.39 is 5.82 Å². The molecule has 5 nitrogen and oxygen atoms in total. The fourth-order valence-electron chi connectivity index (χ4n) is 3.00. The van der Waals surface area contributed by atoms with Crippen molar-refractivity contribution in [3.05, 3.63) is 68.9 Å². The van der Waals surface area contributed by atoms with Crippen molar-refractivity contribution in [1.29, 1.82) is 0 Å². The normalized spacial score (nSPS) is 15.8. The average Bonchev–Trinajstić information content (AvgIpc) is 2.68. The van der Waals surface area contributed by atoms with Crippen molar-refractivity contribution in [2.45, 2.75) is 6.54 Å². The van der Waals surface area contributed by atoms with Crippen LogP contribution in [0.1, 0.15) is 11.1 Å². The predicted octanol–water partition coefficient (Wildman–Crippen LogP) is 3.51. The Morgan fingerprint density at radius 3 is 2.64 bits per heavy atom. The first kappa shape index (κ1) is 20.9. The van der Waals surface area contributed by atoms with Gasteiger partial charge in [0.2, 0.25) is 0 Å². The van der Waals surface area contributed by atoms with Gasteiger partial charge >= 0.3 is 0 Å². The maximum Gasteiger partial charge on any atom is 0.254 e. The maximum atomic E-state index is 13.6. The molecular formula is C20H21BrClFN4O. The minimum Gasteiger partial charge on any atom is -0.296 e. The lowest BCUT2D eigenvalue weighted by Crippen LogP contribution is -2.48. The fourth-order valence-corrected chi connectivity index (χ4v) is 3.57. The number of amides is 1. The van der Waals surface area contributed by atoms with Gasteiger partial charge in [-0.1, -0.05) is 45.7 Å². The highest BCUT2D eigenvalue weighted by Gasteiger charge is 2.19. The van der Waals surface area contributed by atoms with Gasteiger partial charge in [-0.2, -0.15) is 5.10 Å². The molecule has 1 N–H and O–H groups in total. The van der Waals surface area contributed by atoms with Crippen LogP contribution in [0.4, 0.5) is 4.39 Å². The van der Waals surface area contributed by atoms with Gasteiger partial charge in [0.1, 0.15) is 5.82 Å². The molecule has 148 valence electrons. The number of carbonyl (C=O) groups excluding carboxylic acids is 1. The van der Waals surface area contributed by atoms with E-state index in [0.29, 0.717) is 5.56 Å². The number of hydrogen-bond acceptors (Lipinski definition) is 4. The Morgan fingerprint density at radius 2 is 1.89 bits per heavy atom. The number of carbonyl (C=O) groups is 1. The molecular weight excluding hydrogens is 447 g/mol. The lowest BCUT2D eigenvalue weighted by Gasteiger charge is -2.34. The Bertz CT molecular complexity index is 856. The summed E-state index contributed by atoms with van der Waals surface area (Å²) in [5.41, 5.74) is 3.88. The van der Waals surface area contributed by atoms with Crippen molar-refractivity contribution in [1.82, 2.24) is 15.2 Å². The fraction of sp³-hybridized carbons (Fsp3) is 0.300. The van der Waals surface area contributed by atoms with Gasteiger partial charge in [-0.25, -0.2) is 9.82 Å². The molecule has 1 fully saturated rings.